The molecule has 1 N–H and O–H groups in total. The van der Waals surface area contributed by atoms with Gasteiger partial charge in [-0.1, -0.05) is 46.4 Å². The highest BCUT2D eigenvalue weighted by Crippen LogP contribution is 2.28. The van der Waals surface area contributed by atoms with E-state index in [1.165, 1.54) is 40.6 Å². The molecule has 4 aromatic rings. The minimum Gasteiger partial charge on any atom is -0.482 e. The van der Waals surface area contributed by atoms with Gasteiger partial charge >= 0.3 is 11.6 Å². The maximum Gasteiger partial charge on any atom is 0.342 e. The Balaban J connectivity index is 0.000000226. The molecule has 0 aliphatic rings. The summed E-state index contributed by atoms with van der Waals surface area (Å²) in [6.45, 7) is -0.212. The van der Waals surface area contributed by atoms with Gasteiger partial charge in [-0.2, -0.15) is 0 Å². The van der Waals surface area contributed by atoms with Crippen molar-refractivity contribution in [2.75, 3.05) is 0 Å². The predicted octanol–water partition coefficient (Wildman–Crippen LogP) is 6.17. The molecule has 208 valence electrons. The van der Waals surface area contributed by atoms with E-state index in [0.717, 1.165) is 6.20 Å². The van der Waals surface area contributed by atoms with E-state index >= 15 is 0 Å². The second-order valence-corrected chi connectivity index (χ2v) is 8.96. The van der Waals surface area contributed by atoms with Crippen LogP contribution in [0.1, 0.15) is 11.6 Å². The number of hydrogen-bond acceptors (Lipinski definition) is 8. The fourth-order valence-electron chi connectivity index (χ4n) is 2.70. The number of halogens is 5. The van der Waals surface area contributed by atoms with Crippen molar-refractivity contribution in [2.45, 2.75) is 13.2 Å². The molecule has 0 unspecified atom stereocenters. The number of nitro groups is 2. The van der Waals surface area contributed by atoms with Gasteiger partial charge in [-0.15, -0.1) is 0 Å². The van der Waals surface area contributed by atoms with Gasteiger partial charge in [0, 0.05) is 10.0 Å². The van der Waals surface area contributed by atoms with Gasteiger partial charge in [-0.05, 0) is 46.2 Å². The van der Waals surface area contributed by atoms with E-state index in [1.54, 1.807) is 25.2 Å². The predicted molar refractivity (Wildman–Crippen MR) is 143 cm³/mol. The zero-order chi connectivity index (χ0) is 29.3. The zero-order valence-electron chi connectivity index (χ0n) is 20.1. The maximum atomic E-state index is 12.3. The number of imidazole rings is 2. The number of aliphatic hydroxyl groups is 1. The molecule has 0 aliphatic heterocycles. The lowest BCUT2D eigenvalue weighted by Gasteiger charge is -2.06. The molecule has 0 aliphatic carbocycles. The zero-order valence-corrected chi connectivity index (χ0v) is 23.1. The highest BCUT2D eigenvalue weighted by molar-refractivity contribution is 6.35. The monoisotopic (exact) mass is 622 g/mol. The van der Waals surface area contributed by atoms with Gasteiger partial charge in [0.15, 0.2) is 6.61 Å². The van der Waals surface area contributed by atoms with E-state index in [0.29, 0.717) is 26.6 Å². The summed E-state index contributed by atoms with van der Waals surface area (Å²) in [5.74, 6) is 0.502. The third kappa shape index (κ3) is 9.04. The van der Waals surface area contributed by atoms with Crippen LogP contribution in [0.15, 0.2) is 48.8 Å². The highest BCUT2D eigenvalue weighted by Gasteiger charge is 2.17. The summed E-state index contributed by atoms with van der Waals surface area (Å²) in [6, 6.07) is 8.86. The van der Waals surface area contributed by atoms with Crippen molar-refractivity contribution in [3.05, 3.63) is 107 Å². The lowest BCUT2D eigenvalue weighted by atomic mass is 10.3. The van der Waals surface area contributed by atoms with Gasteiger partial charge in [0.05, 0.1) is 24.1 Å². The average Bonchev–Trinajstić information content (AvgIpc) is 3.44. The molecular weight excluding hydrogens is 605 g/mol. The smallest absolute Gasteiger partial charge is 0.342 e. The highest BCUT2D eigenvalue weighted by atomic mass is 35.5. The molecule has 2 aromatic heterocycles. The molecule has 4 rings (SSSR count). The second kappa shape index (κ2) is 14.6. The Morgan fingerprint density at radius 1 is 0.872 bits per heavy atom. The number of nitrogens with zero attached hydrogens (tertiary/aromatic N) is 6. The molecule has 2 heterocycles. The van der Waals surface area contributed by atoms with Crippen molar-refractivity contribution in [3.8, 4) is 5.75 Å². The molecular formula is C22H19Cl4FN6O6. The van der Waals surface area contributed by atoms with Gasteiger partial charge in [0.2, 0.25) is 11.6 Å². The fraction of sp³-hybridized carbons (Fsp3) is 0.182. The molecule has 0 saturated heterocycles. The standard InChI is InChI=1S/C11H9Cl2N3O3.C6H3Cl2F.C5H7N3O3/c1-15-10(14-5-11(15)16(17)18)6-19-9-3-2-7(12)4-8(9)13;7-4-1-2-6(9)5(8)3-4;1-7-4(3-9)6-2-5(7)8(10)11/h2-5H,6H2,1H3;1-3H;2,9H,3H2,1H3. The summed E-state index contributed by atoms with van der Waals surface area (Å²) in [5.41, 5.74) is 0. The van der Waals surface area contributed by atoms with E-state index in [2.05, 4.69) is 9.97 Å². The van der Waals surface area contributed by atoms with E-state index in [9.17, 15) is 24.6 Å². The van der Waals surface area contributed by atoms with Gasteiger partial charge in [-0.3, -0.25) is 0 Å². The first kappa shape index (κ1) is 31.7. The van der Waals surface area contributed by atoms with Crippen molar-refractivity contribution < 1.29 is 24.1 Å². The van der Waals surface area contributed by atoms with Crippen LogP contribution in [0.25, 0.3) is 0 Å². The van der Waals surface area contributed by atoms with E-state index in [-0.39, 0.29) is 35.7 Å². The first-order chi connectivity index (χ1) is 18.3. The van der Waals surface area contributed by atoms with Crippen LogP contribution in [0.4, 0.5) is 16.0 Å². The van der Waals surface area contributed by atoms with Crippen LogP contribution in [-0.4, -0.2) is 34.1 Å². The van der Waals surface area contributed by atoms with Gasteiger partial charge in [0.1, 0.15) is 30.6 Å². The van der Waals surface area contributed by atoms with Crippen LogP contribution >= 0.6 is 46.4 Å². The molecule has 39 heavy (non-hydrogen) atoms. The maximum absolute atomic E-state index is 12.3. The Morgan fingerprint density at radius 2 is 1.36 bits per heavy atom. The SMILES string of the molecule is Cn1c([N+](=O)[O-])cnc1CO.Cn1c([N+](=O)[O-])cnc1COc1ccc(Cl)cc1Cl.Fc1ccc(Cl)cc1Cl. The van der Waals surface area contributed by atoms with Crippen LogP contribution in [0.3, 0.4) is 0 Å². The topological polar surface area (TPSA) is 151 Å². The molecule has 17 heteroatoms. The molecule has 0 atom stereocenters. The summed E-state index contributed by atoms with van der Waals surface area (Å²) in [6.07, 6.45) is 2.30. The Bertz CT molecular complexity index is 1470. The normalized spacial score (nSPS) is 10.2. The molecule has 0 spiro atoms. The summed E-state index contributed by atoms with van der Waals surface area (Å²) < 4.78 is 20.4. The summed E-state index contributed by atoms with van der Waals surface area (Å²) >= 11 is 22.5. The quantitative estimate of drug-likeness (QED) is 0.152. The average molecular weight is 624 g/mol. The van der Waals surface area contributed by atoms with Gasteiger partial charge in [-0.25, -0.2) is 23.5 Å². The van der Waals surface area contributed by atoms with Crippen molar-refractivity contribution in [1.82, 2.24) is 19.1 Å². The van der Waals surface area contributed by atoms with E-state index in [1.807, 2.05) is 0 Å². The van der Waals surface area contributed by atoms with Crippen LogP contribution in [-0.2, 0) is 27.3 Å². The second-order valence-electron chi connectivity index (χ2n) is 7.28. The Labute approximate surface area is 240 Å². The summed E-state index contributed by atoms with van der Waals surface area (Å²) in [7, 11) is 3.03. The molecule has 0 radical (unpaired) electrons. The molecule has 0 amide bonds. The molecule has 0 fully saturated rings. The summed E-state index contributed by atoms with van der Waals surface area (Å²) in [4.78, 5) is 27.4. The first-order valence-electron chi connectivity index (χ1n) is 10.4. The first-order valence-corrected chi connectivity index (χ1v) is 12.0. The van der Waals surface area contributed by atoms with E-state index in [4.69, 9.17) is 56.2 Å². The van der Waals surface area contributed by atoms with Gasteiger partial charge < -0.3 is 30.1 Å². The Hall–Kier alpha value is -3.49. The van der Waals surface area contributed by atoms with Crippen LogP contribution in [0, 0.1) is 26.0 Å². The number of benzene rings is 2. The molecule has 2 aromatic carbocycles. The number of hydrogen-bond donors (Lipinski definition) is 1. The number of rotatable bonds is 6. The number of aromatic nitrogens is 4. The Kier molecular flexibility index (Phi) is 11.9. The number of aliphatic hydroxyl groups excluding tert-OH is 1. The largest absolute Gasteiger partial charge is 0.482 e. The van der Waals surface area contributed by atoms with E-state index < -0.39 is 15.7 Å². The van der Waals surface area contributed by atoms with Crippen molar-refractivity contribution in [2.24, 2.45) is 14.1 Å². The summed E-state index contributed by atoms with van der Waals surface area (Å²) in [5, 5.41) is 30.9. The minimum atomic E-state index is -0.549. The van der Waals surface area contributed by atoms with Crippen LogP contribution in [0.2, 0.25) is 20.1 Å². The third-order valence-electron chi connectivity index (χ3n) is 4.77. The van der Waals surface area contributed by atoms with Crippen molar-refractivity contribution in [1.29, 1.82) is 0 Å². The lowest BCUT2D eigenvalue weighted by molar-refractivity contribution is -0.392. The Morgan fingerprint density at radius 3 is 1.77 bits per heavy atom. The molecule has 0 saturated carbocycles. The fourth-order valence-corrected chi connectivity index (χ4v) is 3.57. The molecule has 12 nitrogen and oxygen atoms in total. The van der Waals surface area contributed by atoms with Crippen molar-refractivity contribution >= 4 is 58.0 Å². The van der Waals surface area contributed by atoms with Gasteiger partial charge in [0.25, 0.3) is 0 Å². The van der Waals surface area contributed by atoms with Crippen LogP contribution in [0.5, 0.6) is 5.75 Å². The number of ether oxygens (including phenoxy) is 1. The van der Waals surface area contributed by atoms with Crippen LogP contribution < -0.4 is 4.74 Å². The molecule has 0 bridgehead atoms. The minimum absolute atomic E-state index is 0.0579. The van der Waals surface area contributed by atoms with Crippen molar-refractivity contribution in [3.63, 3.8) is 0 Å². The third-order valence-corrected chi connectivity index (χ3v) is 5.82. The lowest BCUT2D eigenvalue weighted by Crippen LogP contribution is -2.05.